The SMILES string of the molecule is COc1ncnc(C2CC2)c1CCC(=O)O. The maximum absolute atomic E-state index is 10.6. The van der Waals surface area contributed by atoms with Crippen LogP contribution in [0.4, 0.5) is 0 Å². The molecule has 1 N–H and O–H groups in total. The molecule has 1 aliphatic carbocycles. The number of aromatic nitrogens is 2. The van der Waals surface area contributed by atoms with Gasteiger partial charge in [-0.25, -0.2) is 9.97 Å². The van der Waals surface area contributed by atoms with Crippen LogP contribution in [0.5, 0.6) is 5.88 Å². The fourth-order valence-corrected chi connectivity index (χ4v) is 1.76. The summed E-state index contributed by atoms with van der Waals surface area (Å²) in [5.41, 5.74) is 1.82. The van der Waals surface area contributed by atoms with Crippen LogP contribution >= 0.6 is 0 Å². The highest BCUT2D eigenvalue weighted by Gasteiger charge is 2.29. The molecule has 1 heterocycles. The van der Waals surface area contributed by atoms with Gasteiger partial charge in [-0.1, -0.05) is 0 Å². The normalized spacial score (nSPS) is 14.8. The summed E-state index contributed by atoms with van der Waals surface area (Å²) in [5, 5.41) is 8.70. The molecule has 5 heteroatoms. The van der Waals surface area contributed by atoms with Crippen LogP contribution in [-0.2, 0) is 11.2 Å². The summed E-state index contributed by atoms with van der Waals surface area (Å²) in [6, 6.07) is 0. The van der Waals surface area contributed by atoms with Crippen LogP contribution < -0.4 is 4.74 Å². The second kappa shape index (κ2) is 4.47. The third-order valence-electron chi connectivity index (χ3n) is 2.69. The Bertz CT molecular complexity index is 402. The lowest BCUT2D eigenvalue weighted by atomic mass is 10.1. The van der Waals surface area contributed by atoms with E-state index in [4.69, 9.17) is 9.84 Å². The number of ether oxygens (including phenoxy) is 1. The Balaban J connectivity index is 2.25. The molecule has 0 radical (unpaired) electrons. The van der Waals surface area contributed by atoms with Crippen LogP contribution in [0, 0.1) is 0 Å². The van der Waals surface area contributed by atoms with Crippen molar-refractivity contribution in [2.24, 2.45) is 0 Å². The van der Waals surface area contributed by atoms with Crippen LogP contribution in [-0.4, -0.2) is 28.2 Å². The van der Waals surface area contributed by atoms with E-state index in [1.165, 1.54) is 6.33 Å². The molecular formula is C11H14N2O3. The molecule has 1 aromatic heterocycles. The van der Waals surface area contributed by atoms with E-state index in [2.05, 4.69) is 9.97 Å². The molecule has 2 rings (SSSR count). The van der Waals surface area contributed by atoms with E-state index in [1.807, 2.05) is 0 Å². The monoisotopic (exact) mass is 222 g/mol. The van der Waals surface area contributed by atoms with Crippen molar-refractivity contribution >= 4 is 5.97 Å². The molecule has 0 unspecified atom stereocenters. The summed E-state index contributed by atoms with van der Waals surface area (Å²) < 4.78 is 5.15. The van der Waals surface area contributed by atoms with Gasteiger partial charge in [0.2, 0.25) is 5.88 Å². The van der Waals surface area contributed by atoms with Gasteiger partial charge in [0, 0.05) is 17.9 Å². The highest BCUT2D eigenvalue weighted by molar-refractivity contribution is 5.67. The number of carbonyl (C=O) groups is 1. The molecule has 0 amide bonds. The minimum absolute atomic E-state index is 0.0868. The lowest BCUT2D eigenvalue weighted by Gasteiger charge is -2.10. The zero-order chi connectivity index (χ0) is 11.5. The Kier molecular flexibility index (Phi) is 3.03. The average molecular weight is 222 g/mol. The fourth-order valence-electron chi connectivity index (χ4n) is 1.76. The van der Waals surface area contributed by atoms with Crippen molar-refractivity contribution in [3.8, 4) is 5.88 Å². The number of hydrogen-bond donors (Lipinski definition) is 1. The first-order valence-electron chi connectivity index (χ1n) is 5.32. The first kappa shape index (κ1) is 10.9. The lowest BCUT2D eigenvalue weighted by molar-refractivity contribution is -0.136. The van der Waals surface area contributed by atoms with E-state index >= 15 is 0 Å². The van der Waals surface area contributed by atoms with E-state index in [0.29, 0.717) is 18.2 Å². The minimum atomic E-state index is -0.812. The number of carboxylic acid groups (broad SMARTS) is 1. The van der Waals surface area contributed by atoms with Crippen molar-refractivity contribution in [2.45, 2.75) is 31.6 Å². The molecule has 0 bridgehead atoms. The number of aliphatic carboxylic acids is 1. The molecule has 1 fully saturated rings. The second-order valence-corrected chi connectivity index (χ2v) is 3.91. The van der Waals surface area contributed by atoms with E-state index in [-0.39, 0.29) is 6.42 Å². The maximum Gasteiger partial charge on any atom is 0.303 e. The average Bonchev–Trinajstić information content (AvgIpc) is 3.09. The Morgan fingerprint density at radius 1 is 1.56 bits per heavy atom. The van der Waals surface area contributed by atoms with Gasteiger partial charge in [-0.3, -0.25) is 4.79 Å². The van der Waals surface area contributed by atoms with Crippen LogP contribution in [0.1, 0.15) is 36.4 Å². The fraction of sp³-hybridized carbons (Fsp3) is 0.545. The molecule has 1 saturated carbocycles. The first-order valence-corrected chi connectivity index (χ1v) is 5.32. The van der Waals surface area contributed by atoms with Gasteiger partial charge in [0.05, 0.1) is 12.8 Å². The van der Waals surface area contributed by atoms with Crippen LogP contribution in [0.2, 0.25) is 0 Å². The van der Waals surface area contributed by atoms with Crippen molar-refractivity contribution in [2.75, 3.05) is 7.11 Å². The number of carboxylic acids is 1. The molecule has 0 saturated heterocycles. The smallest absolute Gasteiger partial charge is 0.303 e. The number of hydrogen-bond acceptors (Lipinski definition) is 4. The van der Waals surface area contributed by atoms with Crippen molar-refractivity contribution in [1.29, 1.82) is 0 Å². The molecular weight excluding hydrogens is 208 g/mol. The summed E-state index contributed by atoms with van der Waals surface area (Å²) in [4.78, 5) is 18.9. The Labute approximate surface area is 93.5 Å². The summed E-state index contributed by atoms with van der Waals surface area (Å²) in [5.74, 6) is 0.173. The zero-order valence-corrected chi connectivity index (χ0v) is 9.14. The van der Waals surface area contributed by atoms with Gasteiger partial charge in [0.25, 0.3) is 0 Å². The molecule has 0 aliphatic heterocycles. The standard InChI is InChI=1S/C11H14N2O3/c1-16-11-8(4-5-9(14)15)10(7-2-3-7)12-6-13-11/h6-7H,2-5H2,1H3,(H,14,15). The Hall–Kier alpha value is -1.65. The first-order chi connectivity index (χ1) is 7.72. The lowest BCUT2D eigenvalue weighted by Crippen LogP contribution is -2.05. The molecule has 86 valence electrons. The predicted octanol–water partition coefficient (Wildman–Crippen LogP) is 1.38. The number of nitrogens with zero attached hydrogens (tertiary/aromatic N) is 2. The van der Waals surface area contributed by atoms with Crippen LogP contribution in [0.3, 0.4) is 0 Å². The Morgan fingerprint density at radius 3 is 2.88 bits per heavy atom. The predicted molar refractivity (Wildman–Crippen MR) is 56.5 cm³/mol. The molecule has 16 heavy (non-hydrogen) atoms. The van der Waals surface area contributed by atoms with Crippen molar-refractivity contribution in [1.82, 2.24) is 9.97 Å². The second-order valence-electron chi connectivity index (χ2n) is 3.91. The number of rotatable bonds is 5. The van der Waals surface area contributed by atoms with E-state index in [1.54, 1.807) is 7.11 Å². The topological polar surface area (TPSA) is 72.3 Å². The van der Waals surface area contributed by atoms with Gasteiger partial charge in [-0.05, 0) is 19.3 Å². The molecule has 1 aliphatic rings. The zero-order valence-electron chi connectivity index (χ0n) is 9.14. The van der Waals surface area contributed by atoms with Gasteiger partial charge < -0.3 is 9.84 Å². The van der Waals surface area contributed by atoms with E-state index in [9.17, 15) is 4.79 Å². The highest BCUT2D eigenvalue weighted by Crippen LogP contribution is 2.42. The summed E-state index contributed by atoms with van der Waals surface area (Å²) in [6.07, 6.45) is 4.26. The van der Waals surface area contributed by atoms with Crippen molar-refractivity contribution in [3.63, 3.8) is 0 Å². The van der Waals surface area contributed by atoms with Gasteiger partial charge in [-0.15, -0.1) is 0 Å². The quantitative estimate of drug-likeness (QED) is 0.814. The largest absolute Gasteiger partial charge is 0.481 e. The van der Waals surface area contributed by atoms with E-state index < -0.39 is 5.97 Å². The van der Waals surface area contributed by atoms with Crippen molar-refractivity contribution in [3.05, 3.63) is 17.6 Å². The molecule has 1 aromatic rings. The molecule has 0 aromatic carbocycles. The maximum atomic E-state index is 10.6. The van der Waals surface area contributed by atoms with E-state index in [0.717, 1.165) is 24.1 Å². The van der Waals surface area contributed by atoms with Gasteiger partial charge in [-0.2, -0.15) is 0 Å². The summed E-state index contributed by atoms with van der Waals surface area (Å²) >= 11 is 0. The Morgan fingerprint density at radius 2 is 2.31 bits per heavy atom. The van der Waals surface area contributed by atoms with Gasteiger partial charge in [0.1, 0.15) is 6.33 Å². The summed E-state index contributed by atoms with van der Waals surface area (Å²) in [7, 11) is 1.54. The third kappa shape index (κ3) is 2.29. The van der Waals surface area contributed by atoms with Gasteiger partial charge >= 0.3 is 5.97 Å². The molecule has 5 nitrogen and oxygen atoms in total. The highest BCUT2D eigenvalue weighted by atomic mass is 16.5. The van der Waals surface area contributed by atoms with Crippen LogP contribution in [0.15, 0.2) is 6.33 Å². The van der Waals surface area contributed by atoms with Crippen LogP contribution in [0.25, 0.3) is 0 Å². The molecule has 0 atom stereocenters. The third-order valence-corrected chi connectivity index (χ3v) is 2.69. The van der Waals surface area contributed by atoms with Crippen molar-refractivity contribution < 1.29 is 14.6 Å². The number of methoxy groups -OCH3 is 1. The summed E-state index contributed by atoms with van der Waals surface area (Å²) in [6.45, 7) is 0. The minimum Gasteiger partial charge on any atom is -0.481 e. The molecule has 0 spiro atoms. The van der Waals surface area contributed by atoms with Gasteiger partial charge in [0.15, 0.2) is 0 Å².